The van der Waals surface area contributed by atoms with E-state index >= 15 is 0 Å². The van der Waals surface area contributed by atoms with Gasteiger partial charge in [0, 0.05) is 31.4 Å². The van der Waals surface area contributed by atoms with Crippen LogP contribution in [0.3, 0.4) is 0 Å². The number of nitrogens with zero attached hydrogens (tertiary/aromatic N) is 4. The SMILES string of the molecule is O=S(=O)(NCCn1nc(C2CCNC2)c2nccnc21)c1ccccc1. The summed E-state index contributed by atoms with van der Waals surface area (Å²) in [4.78, 5) is 9.08. The minimum atomic E-state index is -3.53. The predicted octanol–water partition coefficient (Wildman–Crippen LogP) is 0.882. The Kier molecular flexibility index (Phi) is 4.66. The summed E-state index contributed by atoms with van der Waals surface area (Å²) >= 11 is 0. The summed E-state index contributed by atoms with van der Waals surface area (Å²) in [5.41, 5.74) is 2.42. The van der Waals surface area contributed by atoms with Gasteiger partial charge in [-0.15, -0.1) is 0 Å². The van der Waals surface area contributed by atoms with E-state index in [1.54, 1.807) is 47.4 Å². The topological polar surface area (TPSA) is 102 Å². The highest BCUT2D eigenvalue weighted by molar-refractivity contribution is 7.89. The van der Waals surface area contributed by atoms with E-state index in [0.29, 0.717) is 18.1 Å². The summed E-state index contributed by atoms with van der Waals surface area (Å²) in [7, 11) is -3.53. The molecule has 1 saturated heterocycles. The molecule has 1 fully saturated rings. The number of hydrogen-bond acceptors (Lipinski definition) is 6. The van der Waals surface area contributed by atoms with Gasteiger partial charge in [0.1, 0.15) is 5.52 Å². The molecule has 0 saturated carbocycles. The Hall–Kier alpha value is -2.36. The molecule has 136 valence electrons. The minimum absolute atomic E-state index is 0.229. The molecule has 2 aromatic heterocycles. The maximum absolute atomic E-state index is 12.3. The highest BCUT2D eigenvalue weighted by Crippen LogP contribution is 2.26. The van der Waals surface area contributed by atoms with Crippen LogP contribution in [0.4, 0.5) is 0 Å². The third-order valence-electron chi connectivity index (χ3n) is 4.51. The van der Waals surface area contributed by atoms with Gasteiger partial charge >= 0.3 is 0 Å². The first-order chi connectivity index (χ1) is 12.6. The van der Waals surface area contributed by atoms with E-state index in [4.69, 9.17) is 0 Å². The van der Waals surface area contributed by atoms with Crippen LogP contribution in [0, 0.1) is 0 Å². The minimum Gasteiger partial charge on any atom is -0.316 e. The molecule has 9 heteroatoms. The first-order valence-electron chi connectivity index (χ1n) is 8.58. The van der Waals surface area contributed by atoms with E-state index in [9.17, 15) is 8.42 Å². The second kappa shape index (κ2) is 7.10. The van der Waals surface area contributed by atoms with Crippen LogP contribution < -0.4 is 10.0 Å². The molecule has 0 aliphatic carbocycles. The third-order valence-corrected chi connectivity index (χ3v) is 5.99. The predicted molar refractivity (Wildman–Crippen MR) is 97.2 cm³/mol. The number of rotatable bonds is 6. The third kappa shape index (κ3) is 3.33. The number of benzene rings is 1. The van der Waals surface area contributed by atoms with Crippen LogP contribution >= 0.6 is 0 Å². The zero-order chi connectivity index (χ0) is 18.0. The summed E-state index contributed by atoms with van der Waals surface area (Å²) in [5.74, 6) is 0.316. The summed E-state index contributed by atoms with van der Waals surface area (Å²) in [6.45, 7) is 2.47. The maximum Gasteiger partial charge on any atom is 0.240 e. The van der Waals surface area contributed by atoms with Crippen LogP contribution in [0.2, 0.25) is 0 Å². The van der Waals surface area contributed by atoms with Gasteiger partial charge in [-0.05, 0) is 25.1 Å². The summed E-state index contributed by atoms with van der Waals surface area (Å²) in [6, 6.07) is 8.33. The van der Waals surface area contributed by atoms with E-state index in [0.717, 1.165) is 30.7 Å². The normalized spacial score (nSPS) is 17.8. The van der Waals surface area contributed by atoms with Crippen LogP contribution in [0.15, 0.2) is 47.6 Å². The lowest BCUT2D eigenvalue weighted by Crippen LogP contribution is -2.27. The number of nitrogens with one attached hydrogen (secondary N) is 2. The van der Waals surface area contributed by atoms with E-state index < -0.39 is 10.0 Å². The van der Waals surface area contributed by atoms with Gasteiger partial charge in [0.05, 0.1) is 17.1 Å². The Balaban J connectivity index is 1.53. The molecular weight excluding hydrogens is 352 g/mol. The molecule has 1 atom stereocenters. The Morgan fingerprint density at radius 3 is 2.77 bits per heavy atom. The molecule has 0 spiro atoms. The highest BCUT2D eigenvalue weighted by Gasteiger charge is 2.24. The molecule has 1 aliphatic rings. The first kappa shape index (κ1) is 17.1. The number of aromatic nitrogens is 4. The number of sulfonamides is 1. The Labute approximate surface area is 151 Å². The summed E-state index contributed by atoms with van der Waals surface area (Å²) in [6.07, 6.45) is 4.31. The van der Waals surface area contributed by atoms with Crippen molar-refractivity contribution in [3.8, 4) is 0 Å². The molecule has 1 unspecified atom stereocenters. The van der Waals surface area contributed by atoms with Gasteiger partial charge in [0.15, 0.2) is 5.65 Å². The first-order valence-corrected chi connectivity index (χ1v) is 10.1. The largest absolute Gasteiger partial charge is 0.316 e. The van der Waals surface area contributed by atoms with Gasteiger partial charge in [0.2, 0.25) is 10.0 Å². The van der Waals surface area contributed by atoms with Crippen LogP contribution in [0.1, 0.15) is 18.0 Å². The van der Waals surface area contributed by atoms with E-state index in [-0.39, 0.29) is 11.4 Å². The van der Waals surface area contributed by atoms with Crippen molar-refractivity contribution in [2.45, 2.75) is 23.8 Å². The molecule has 1 aliphatic heterocycles. The molecule has 4 rings (SSSR count). The Morgan fingerprint density at radius 1 is 1.19 bits per heavy atom. The maximum atomic E-state index is 12.3. The molecule has 8 nitrogen and oxygen atoms in total. The van der Waals surface area contributed by atoms with Crippen LogP contribution in [-0.4, -0.2) is 47.8 Å². The lowest BCUT2D eigenvalue weighted by molar-refractivity contribution is 0.559. The lowest BCUT2D eigenvalue weighted by atomic mass is 10.0. The van der Waals surface area contributed by atoms with Gasteiger partial charge < -0.3 is 5.32 Å². The van der Waals surface area contributed by atoms with E-state index in [1.807, 2.05) is 0 Å². The van der Waals surface area contributed by atoms with Crippen molar-refractivity contribution in [2.75, 3.05) is 19.6 Å². The second-order valence-corrected chi connectivity index (χ2v) is 8.00. The fraction of sp³-hybridized carbons (Fsp3) is 0.353. The van der Waals surface area contributed by atoms with Gasteiger partial charge in [-0.25, -0.2) is 27.8 Å². The summed E-state index contributed by atoms with van der Waals surface area (Å²) < 4.78 is 29.0. The van der Waals surface area contributed by atoms with Crippen LogP contribution in [-0.2, 0) is 16.6 Å². The quantitative estimate of drug-likeness (QED) is 0.666. The molecule has 2 N–H and O–H groups in total. The van der Waals surface area contributed by atoms with Crippen LogP contribution in [0.25, 0.3) is 11.2 Å². The van der Waals surface area contributed by atoms with E-state index in [2.05, 4.69) is 25.1 Å². The molecule has 0 amide bonds. The standard InChI is InChI=1S/C17H20N6O2S/c24-26(25,14-4-2-1-3-5-14)21-10-11-23-17-16(19-8-9-20-17)15(22-23)13-6-7-18-12-13/h1-5,8-9,13,18,21H,6-7,10-12H2. The Bertz CT molecular complexity index is 997. The lowest BCUT2D eigenvalue weighted by Gasteiger charge is -2.07. The molecular formula is C17H20N6O2S. The number of hydrogen-bond donors (Lipinski definition) is 2. The monoisotopic (exact) mass is 372 g/mol. The van der Waals surface area contributed by atoms with Crippen molar-refractivity contribution in [1.29, 1.82) is 0 Å². The Morgan fingerprint density at radius 2 is 2.00 bits per heavy atom. The van der Waals surface area contributed by atoms with Crippen LogP contribution in [0.5, 0.6) is 0 Å². The van der Waals surface area contributed by atoms with Gasteiger partial charge in [-0.2, -0.15) is 5.10 Å². The average molecular weight is 372 g/mol. The van der Waals surface area contributed by atoms with Crippen molar-refractivity contribution in [3.05, 3.63) is 48.4 Å². The van der Waals surface area contributed by atoms with Crippen molar-refractivity contribution in [3.63, 3.8) is 0 Å². The zero-order valence-corrected chi connectivity index (χ0v) is 15.0. The van der Waals surface area contributed by atoms with Crippen molar-refractivity contribution < 1.29 is 8.42 Å². The van der Waals surface area contributed by atoms with Crippen molar-refractivity contribution in [1.82, 2.24) is 29.8 Å². The molecule has 3 heterocycles. The molecule has 3 aromatic rings. The van der Waals surface area contributed by atoms with Crippen molar-refractivity contribution in [2.24, 2.45) is 0 Å². The van der Waals surface area contributed by atoms with E-state index in [1.165, 1.54) is 0 Å². The van der Waals surface area contributed by atoms with Gasteiger partial charge in [-0.1, -0.05) is 18.2 Å². The van der Waals surface area contributed by atoms with Gasteiger partial charge in [0.25, 0.3) is 0 Å². The smallest absolute Gasteiger partial charge is 0.240 e. The molecule has 0 radical (unpaired) electrons. The van der Waals surface area contributed by atoms with Crippen molar-refractivity contribution >= 4 is 21.2 Å². The molecule has 26 heavy (non-hydrogen) atoms. The molecule has 1 aromatic carbocycles. The molecule has 0 bridgehead atoms. The number of fused-ring (bicyclic) bond motifs is 1. The average Bonchev–Trinajstić information content (AvgIpc) is 3.31. The fourth-order valence-corrected chi connectivity index (χ4v) is 4.25. The highest BCUT2D eigenvalue weighted by atomic mass is 32.2. The zero-order valence-electron chi connectivity index (χ0n) is 14.2. The summed E-state index contributed by atoms with van der Waals surface area (Å²) in [5, 5.41) is 8.02. The van der Waals surface area contributed by atoms with Gasteiger partial charge in [-0.3, -0.25) is 0 Å². The fourth-order valence-electron chi connectivity index (χ4n) is 3.21. The second-order valence-electron chi connectivity index (χ2n) is 6.24.